The van der Waals surface area contributed by atoms with Crippen molar-refractivity contribution in [3.05, 3.63) is 48.4 Å². The van der Waals surface area contributed by atoms with Crippen LogP contribution in [-0.4, -0.2) is 18.3 Å². The van der Waals surface area contributed by atoms with Crippen molar-refractivity contribution in [3.8, 4) is 17.1 Å². The first-order valence-electron chi connectivity index (χ1n) is 8.09. The fourth-order valence-electron chi connectivity index (χ4n) is 2.30. The molecule has 0 saturated carbocycles. The summed E-state index contributed by atoms with van der Waals surface area (Å²) < 4.78 is 19.4. The predicted molar refractivity (Wildman–Crippen MR) is 99.3 cm³/mol. The SMILES string of the molecule is CC(C)(C)[Si](C)(C)Oc1ccc2[nH]c(-c3ccc(F)cn3)cc2c1. The Kier molecular flexibility index (Phi) is 3.99. The Labute approximate surface area is 143 Å². The van der Waals surface area contributed by atoms with Crippen LogP contribution in [0.3, 0.4) is 0 Å². The number of halogens is 1. The number of hydrogen-bond acceptors (Lipinski definition) is 2. The molecule has 0 aliphatic carbocycles. The van der Waals surface area contributed by atoms with E-state index in [1.54, 1.807) is 6.07 Å². The smallest absolute Gasteiger partial charge is 0.250 e. The predicted octanol–water partition coefficient (Wildman–Crippen LogP) is 5.75. The highest BCUT2D eigenvalue weighted by Gasteiger charge is 2.38. The number of hydrogen-bond donors (Lipinski definition) is 1. The molecule has 0 atom stereocenters. The summed E-state index contributed by atoms with van der Waals surface area (Å²) in [4.78, 5) is 7.45. The largest absolute Gasteiger partial charge is 0.543 e. The van der Waals surface area contributed by atoms with Crippen LogP contribution in [0.2, 0.25) is 18.1 Å². The number of rotatable bonds is 3. The zero-order valence-electron chi connectivity index (χ0n) is 14.8. The van der Waals surface area contributed by atoms with Crippen molar-refractivity contribution in [1.29, 1.82) is 0 Å². The average Bonchev–Trinajstić information content (AvgIpc) is 2.89. The van der Waals surface area contributed by atoms with Gasteiger partial charge in [0.25, 0.3) is 0 Å². The van der Waals surface area contributed by atoms with Crippen LogP contribution in [0.1, 0.15) is 20.8 Å². The molecule has 3 nitrogen and oxygen atoms in total. The van der Waals surface area contributed by atoms with E-state index >= 15 is 0 Å². The quantitative estimate of drug-likeness (QED) is 0.615. The normalized spacial score (nSPS) is 12.6. The average molecular weight is 342 g/mol. The van der Waals surface area contributed by atoms with Gasteiger partial charge in [-0.15, -0.1) is 0 Å². The Bertz CT molecular complexity index is 863. The van der Waals surface area contributed by atoms with E-state index in [1.807, 2.05) is 18.2 Å². The molecule has 2 heterocycles. The molecule has 1 N–H and O–H groups in total. The molecule has 2 aromatic heterocycles. The second kappa shape index (κ2) is 5.74. The highest BCUT2D eigenvalue weighted by Crippen LogP contribution is 2.38. The van der Waals surface area contributed by atoms with Gasteiger partial charge < -0.3 is 9.41 Å². The lowest BCUT2D eigenvalue weighted by molar-refractivity contribution is 0.493. The van der Waals surface area contributed by atoms with Gasteiger partial charge in [0.1, 0.15) is 11.6 Å². The Morgan fingerprint density at radius 2 is 1.83 bits per heavy atom. The summed E-state index contributed by atoms with van der Waals surface area (Å²) in [6.07, 6.45) is 1.23. The van der Waals surface area contributed by atoms with E-state index in [0.29, 0.717) is 0 Å². The van der Waals surface area contributed by atoms with Crippen LogP contribution < -0.4 is 4.43 Å². The minimum atomic E-state index is -1.86. The van der Waals surface area contributed by atoms with Crippen molar-refractivity contribution in [1.82, 2.24) is 9.97 Å². The number of nitrogens with zero attached hydrogens (tertiary/aromatic N) is 1. The monoisotopic (exact) mass is 342 g/mol. The molecule has 0 saturated heterocycles. The molecule has 3 rings (SSSR count). The third-order valence-electron chi connectivity index (χ3n) is 4.77. The molecule has 0 bridgehead atoms. The van der Waals surface area contributed by atoms with Gasteiger partial charge >= 0.3 is 0 Å². The van der Waals surface area contributed by atoms with Gasteiger partial charge in [0.05, 0.1) is 17.6 Å². The number of H-pyrrole nitrogens is 1. The summed E-state index contributed by atoms with van der Waals surface area (Å²) in [5.74, 6) is 0.562. The number of pyridine rings is 1. The van der Waals surface area contributed by atoms with Crippen LogP contribution >= 0.6 is 0 Å². The van der Waals surface area contributed by atoms with E-state index in [1.165, 1.54) is 12.3 Å². The fraction of sp³-hybridized carbons (Fsp3) is 0.316. The van der Waals surface area contributed by atoms with E-state index in [-0.39, 0.29) is 10.9 Å². The Balaban J connectivity index is 1.93. The van der Waals surface area contributed by atoms with E-state index in [2.05, 4.69) is 49.9 Å². The first-order chi connectivity index (χ1) is 11.2. The van der Waals surface area contributed by atoms with E-state index in [9.17, 15) is 4.39 Å². The zero-order chi connectivity index (χ0) is 17.5. The lowest BCUT2D eigenvalue weighted by atomic mass is 10.2. The number of fused-ring (bicyclic) bond motifs is 1. The highest BCUT2D eigenvalue weighted by atomic mass is 28.4. The molecule has 0 amide bonds. The lowest BCUT2D eigenvalue weighted by Gasteiger charge is -2.36. The second-order valence-corrected chi connectivity index (χ2v) is 12.4. The van der Waals surface area contributed by atoms with Gasteiger partial charge in [-0.2, -0.15) is 0 Å². The number of aromatic amines is 1. The van der Waals surface area contributed by atoms with E-state index < -0.39 is 8.32 Å². The standard InChI is InChI=1S/C19H23FN2OSi/c1-19(2,3)24(4,5)23-15-7-9-16-13(10-15)11-18(22-16)17-8-6-14(20)12-21-17/h6-12,22H,1-5H3. The minimum absolute atomic E-state index is 0.156. The summed E-state index contributed by atoms with van der Waals surface area (Å²) in [5.41, 5.74) is 2.60. The summed E-state index contributed by atoms with van der Waals surface area (Å²) in [6, 6.07) is 11.2. The van der Waals surface area contributed by atoms with Crippen LogP contribution in [0, 0.1) is 5.82 Å². The minimum Gasteiger partial charge on any atom is -0.543 e. The summed E-state index contributed by atoms with van der Waals surface area (Å²) in [5, 5.41) is 1.22. The van der Waals surface area contributed by atoms with Crippen LogP contribution in [-0.2, 0) is 0 Å². The van der Waals surface area contributed by atoms with Gasteiger partial charge in [-0.1, -0.05) is 20.8 Å². The van der Waals surface area contributed by atoms with Gasteiger partial charge in [-0.05, 0) is 54.5 Å². The molecular weight excluding hydrogens is 319 g/mol. The van der Waals surface area contributed by atoms with Gasteiger partial charge in [-0.25, -0.2) is 4.39 Å². The zero-order valence-corrected chi connectivity index (χ0v) is 15.8. The third-order valence-corrected chi connectivity index (χ3v) is 9.13. The molecule has 0 spiro atoms. The summed E-state index contributed by atoms with van der Waals surface area (Å²) in [7, 11) is -1.86. The summed E-state index contributed by atoms with van der Waals surface area (Å²) in [6.45, 7) is 11.2. The molecule has 0 radical (unpaired) electrons. The molecule has 1 aromatic carbocycles. The van der Waals surface area contributed by atoms with Crippen molar-refractivity contribution in [2.75, 3.05) is 0 Å². The Morgan fingerprint density at radius 3 is 2.46 bits per heavy atom. The molecule has 3 aromatic rings. The van der Waals surface area contributed by atoms with E-state index in [0.717, 1.165) is 28.0 Å². The number of benzene rings is 1. The van der Waals surface area contributed by atoms with Crippen molar-refractivity contribution in [2.45, 2.75) is 38.9 Å². The van der Waals surface area contributed by atoms with Gasteiger partial charge in [0, 0.05) is 10.9 Å². The van der Waals surface area contributed by atoms with Crippen LogP contribution in [0.4, 0.5) is 4.39 Å². The number of nitrogens with one attached hydrogen (secondary N) is 1. The molecule has 0 aliphatic rings. The highest BCUT2D eigenvalue weighted by molar-refractivity contribution is 6.74. The molecular formula is C19H23FN2OSi. The number of aromatic nitrogens is 2. The van der Waals surface area contributed by atoms with Gasteiger partial charge in [0.15, 0.2) is 0 Å². The molecule has 24 heavy (non-hydrogen) atoms. The first-order valence-corrected chi connectivity index (χ1v) is 11.0. The maximum Gasteiger partial charge on any atom is 0.250 e. The molecule has 0 unspecified atom stereocenters. The van der Waals surface area contributed by atoms with Gasteiger partial charge in [-0.3, -0.25) is 4.98 Å². The molecule has 5 heteroatoms. The second-order valence-electron chi connectivity index (χ2n) is 7.66. The van der Waals surface area contributed by atoms with Crippen LogP contribution in [0.5, 0.6) is 5.75 Å². The lowest BCUT2D eigenvalue weighted by Crippen LogP contribution is -2.43. The Hall–Kier alpha value is -2.14. The topological polar surface area (TPSA) is 37.9 Å². The fourth-order valence-corrected chi connectivity index (χ4v) is 3.32. The maximum atomic E-state index is 13.0. The molecule has 126 valence electrons. The third kappa shape index (κ3) is 3.22. The summed E-state index contributed by atoms with van der Waals surface area (Å²) >= 11 is 0. The van der Waals surface area contributed by atoms with Crippen molar-refractivity contribution in [2.24, 2.45) is 0 Å². The van der Waals surface area contributed by atoms with Crippen molar-refractivity contribution < 1.29 is 8.82 Å². The van der Waals surface area contributed by atoms with Crippen LogP contribution in [0.25, 0.3) is 22.3 Å². The van der Waals surface area contributed by atoms with Gasteiger partial charge in [0.2, 0.25) is 8.32 Å². The Morgan fingerprint density at radius 1 is 1.08 bits per heavy atom. The first kappa shape index (κ1) is 16.7. The van der Waals surface area contributed by atoms with E-state index in [4.69, 9.17) is 4.43 Å². The van der Waals surface area contributed by atoms with Crippen molar-refractivity contribution >= 4 is 19.2 Å². The van der Waals surface area contributed by atoms with Crippen LogP contribution in [0.15, 0.2) is 42.6 Å². The molecule has 0 aliphatic heterocycles. The molecule has 0 fully saturated rings. The van der Waals surface area contributed by atoms with Crippen molar-refractivity contribution in [3.63, 3.8) is 0 Å². The maximum absolute atomic E-state index is 13.0.